The van der Waals surface area contributed by atoms with Gasteiger partial charge in [-0.2, -0.15) is 0 Å². The van der Waals surface area contributed by atoms with Gasteiger partial charge in [0.25, 0.3) is 9.70 Å². The summed E-state index contributed by atoms with van der Waals surface area (Å²) in [4.78, 5) is 24.1. The first-order chi connectivity index (χ1) is 14.4. The minimum Gasteiger partial charge on any atom is -0.394 e. The predicted octanol–water partition coefficient (Wildman–Crippen LogP) is -1.46. The molecule has 1 amide bonds. The van der Waals surface area contributed by atoms with Gasteiger partial charge in [-0.1, -0.05) is 40.9 Å². The van der Waals surface area contributed by atoms with Crippen LogP contribution in [0.3, 0.4) is 0 Å². The molecule has 9 atom stereocenters. The molecular formula is C17H24Cl3NO10. The second-order valence-electron chi connectivity index (χ2n) is 6.92. The number of aliphatic hydroxyl groups is 4. The second-order valence-corrected chi connectivity index (χ2v) is 9.20. The molecule has 0 bridgehead atoms. The van der Waals surface area contributed by atoms with E-state index in [1.807, 2.05) is 0 Å². The Morgan fingerprint density at radius 3 is 2.42 bits per heavy atom. The predicted molar refractivity (Wildman–Crippen MR) is 106 cm³/mol. The van der Waals surface area contributed by atoms with Gasteiger partial charge in [0.2, 0.25) is 0 Å². The van der Waals surface area contributed by atoms with Gasteiger partial charge in [-0.3, -0.25) is 9.59 Å². The number of ether oxygens (including phenoxy) is 4. The standard InChI is InChI=1S/C17H24Cl3NO10/c1-3-4-28-14-8(21-16(27)17(18,19)20)13(10(24)7(5-22)30-14)31-15-12(26)11(25)9(23)6(2)29-15/h3,6-8,10-15,22,24-26H,1,4-5H2,2H3,(H,21,27)/t6-,7+,8+,10+,11+,12+,13+,14+,15-/m0/s1. The number of nitrogens with one attached hydrogen (secondary N) is 1. The number of amides is 1. The molecule has 0 spiro atoms. The first kappa shape index (κ1) is 26.7. The Bertz CT molecular complexity index is 663. The summed E-state index contributed by atoms with van der Waals surface area (Å²) in [6, 6.07) is -1.33. The van der Waals surface area contributed by atoms with Crippen LogP contribution in [0.2, 0.25) is 0 Å². The molecule has 0 radical (unpaired) electrons. The van der Waals surface area contributed by atoms with Crippen molar-refractivity contribution < 1.29 is 49.0 Å². The largest absolute Gasteiger partial charge is 0.394 e. The summed E-state index contributed by atoms with van der Waals surface area (Å²) in [6.45, 7) is 4.11. The zero-order chi connectivity index (χ0) is 23.5. The Morgan fingerprint density at radius 1 is 1.23 bits per heavy atom. The van der Waals surface area contributed by atoms with Crippen molar-refractivity contribution in [1.82, 2.24) is 5.32 Å². The van der Waals surface area contributed by atoms with Crippen LogP contribution in [0.5, 0.6) is 0 Å². The van der Waals surface area contributed by atoms with Crippen LogP contribution < -0.4 is 5.32 Å². The van der Waals surface area contributed by atoms with Crippen molar-refractivity contribution in [3.8, 4) is 0 Å². The van der Waals surface area contributed by atoms with Crippen LogP contribution in [0, 0.1) is 0 Å². The van der Waals surface area contributed by atoms with E-state index in [0.717, 1.165) is 0 Å². The van der Waals surface area contributed by atoms with E-state index >= 15 is 0 Å². The molecule has 2 heterocycles. The molecule has 0 unspecified atom stereocenters. The zero-order valence-corrected chi connectivity index (χ0v) is 18.5. The van der Waals surface area contributed by atoms with Crippen molar-refractivity contribution in [2.24, 2.45) is 0 Å². The number of ketones is 1. The van der Waals surface area contributed by atoms with Crippen molar-refractivity contribution in [3.63, 3.8) is 0 Å². The van der Waals surface area contributed by atoms with Gasteiger partial charge in [0, 0.05) is 0 Å². The fourth-order valence-electron chi connectivity index (χ4n) is 3.10. The number of Topliss-reactive ketones (excluding diaryl/α,β-unsaturated/α-hetero) is 1. The molecule has 2 aliphatic rings. The number of hydrogen-bond acceptors (Lipinski definition) is 10. The average Bonchev–Trinajstić information content (AvgIpc) is 2.71. The quantitative estimate of drug-likeness (QED) is 0.203. The SMILES string of the molecule is C=CCO[C@@H]1O[C@H](CO)[C@@H](O)[C@H](O[C@@H]2O[C@@H](C)C(=O)[C@@H](O)[C@H]2O)[C@H]1NC(=O)C(Cl)(Cl)Cl. The second kappa shape index (κ2) is 11.0. The van der Waals surface area contributed by atoms with Crippen LogP contribution in [-0.4, -0.2) is 104 Å². The number of carbonyl (C=O) groups is 2. The molecule has 5 N–H and O–H groups in total. The molecule has 2 saturated heterocycles. The molecule has 2 fully saturated rings. The maximum atomic E-state index is 12.3. The van der Waals surface area contributed by atoms with E-state index in [4.69, 9.17) is 53.8 Å². The number of halogens is 3. The van der Waals surface area contributed by atoms with E-state index in [2.05, 4.69) is 11.9 Å². The highest BCUT2D eigenvalue weighted by atomic mass is 35.6. The lowest BCUT2D eigenvalue weighted by atomic mass is 9.95. The summed E-state index contributed by atoms with van der Waals surface area (Å²) in [5.74, 6) is -1.86. The van der Waals surface area contributed by atoms with Gasteiger partial charge in [0.05, 0.1) is 13.2 Å². The highest BCUT2D eigenvalue weighted by molar-refractivity contribution is 6.76. The van der Waals surface area contributed by atoms with Crippen LogP contribution in [-0.2, 0) is 28.5 Å². The molecule has 0 saturated carbocycles. The Kier molecular flexibility index (Phi) is 9.50. The van der Waals surface area contributed by atoms with Crippen LogP contribution in [0.1, 0.15) is 6.92 Å². The van der Waals surface area contributed by atoms with Crippen LogP contribution >= 0.6 is 34.8 Å². The van der Waals surface area contributed by atoms with E-state index in [1.54, 1.807) is 0 Å². The summed E-state index contributed by atoms with van der Waals surface area (Å²) >= 11 is 16.8. The Labute approximate surface area is 192 Å². The third kappa shape index (κ3) is 6.27. The van der Waals surface area contributed by atoms with Crippen molar-refractivity contribution in [2.45, 2.75) is 66.0 Å². The Hall–Kier alpha value is -0.570. The fraction of sp³-hybridized carbons (Fsp3) is 0.765. The zero-order valence-electron chi connectivity index (χ0n) is 16.3. The van der Waals surface area contributed by atoms with E-state index in [-0.39, 0.29) is 6.61 Å². The number of rotatable bonds is 7. The van der Waals surface area contributed by atoms with Crippen molar-refractivity contribution in [3.05, 3.63) is 12.7 Å². The third-order valence-electron chi connectivity index (χ3n) is 4.71. The monoisotopic (exact) mass is 507 g/mol. The molecule has 2 rings (SSSR count). The molecule has 0 aromatic carbocycles. The van der Waals surface area contributed by atoms with Crippen molar-refractivity contribution in [1.29, 1.82) is 0 Å². The highest BCUT2D eigenvalue weighted by Crippen LogP contribution is 2.31. The van der Waals surface area contributed by atoms with Crippen LogP contribution in [0.15, 0.2) is 12.7 Å². The maximum Gasteiger partial charge on any atom is 0.272 e. The van der Waals surface area contributed by atoms with E-state index in [1.165, 1.54) is 13.0 Å². The molecule has 31 heavy (non-hydrogen) atoms. The van der Waals surface area contributed by atoms with Crippen molar-refractivity contribution in [2.75, 3.05) is 13.2 Å². The Morgan fingerprint density at radius 2 is 1.87 bits per heavy atom. The van der Waals surface area contributed by atoms with Crippen molar-refractivity contribution >= 4 is 46.5 Å². The number of hydrogen-bond donors (Lipinski definition) is 5. The van der Waals surface area contributed by atoms with Gasteiger partial charge in [0.15, 0.2) is 18.4 Å². The number of aliphatic hydroxyl groups excluding tert-OH is 4. The molecule has 0 aromatic rings. The lowest BCUT2D eigenvalue weighted by Gasteiger charge is -2.46. The van der Waals surface area contributed by atoms with Gasteiger partial charge in [-0.15, -0.1) is 6.58 Å². The number of carbonyl (C=O) groups excluding carboxylic acids is 2. The topological polar surface area (TPSA) is 164 Å². The minimum atomic E-state index is -2.38. The summed E-state index contributed by atoms with van der Waals surface area (Å²) in [5, 5.41) is 42.7. The molecule has 0 aromatic heterocycles. The molecule has 178 valence electrons. The average molecular weight is 509 g/mol. The summed E-state index contributed by atoms with van der Waals surface area (Å²) < 4.78 is 19.5. The van der Waals surface area contributed by atoms with Crippen LogP contribution in [0.4, 0.5) is 0 Å². The first-order valence-corrected chi connectivity index (χ1v) is 10.3. The highest BCUT2D eigenvalue weighted by Gasteiger charge is 2.52. The fourth-order valence-corrected chi connectivity index (χ4v) is 3.26. The molecule has 11 nitrogen and oxygen atoms in total. The lowest BCUT2D eigenvalue weighted by molar-refractivity contribution is -0.321. The van der Waals surface area contributed by atoms with Crippen LogP contribution in [0.25, 0.3) is 0 Å². The molecular weight excluding hydrogens is 485 g/mol. The smallest absolute Gasteiger partial charge is 0.272 e. The van der Waals surface area contributed by atoms with E-state index in [9.17, 15) is 30.0 Å². The van der Waals surface area contributed by atoms with E-state index in [0.29, 0.717) is 0 Å². The minimum absolute atomic E-state index is 0.0570. The van der Waals surface area contributed by atoms with Gasteiger partial charge in [0.1, 0.15) is 42.7 Å². The van der Waals surface area contributed by atoms with Gasteiger partial charge in [-0.05, 0) is 6.92 Å². The summed E-state index contributed by atoms with van der Waals surface area (Å²) in [6.07, 6.45) is -10.5. The lowest BCUT2D eigenvalue weighted by Crippen LogP contribution is -2.68. The Balaban J connectivity index is 2.34. The van der Waals surface area contributed by atoms with E-state index < -0.39 is 77.3 Å². The van der Waals surface area contributed by atoms with Gasteiger partial charge < -0.3 is 44.7 Å². The molecule has 0 aliphatic carbocycles. The normalized spacial score (nSPS) is 39.2. The van der Waals surface area contributed by atoms with Gasteiger partial charge >= 0.3 is 0 Å². The van der Waals surface area contributed by atoms with Gasteiger partial charge in [-0.25, -0.2) is 0 Å². The number of alkyl halides is 3. The first-order valence-electron chi connectivity index (χ1n) is 9.17. The molecule has 2 aliphatic heterocycles. The summed E-state index contributed by atoms with van der Waals surface area (Å²) in [5.41, 5.74) is 0. The maximum absolute atomic E-state index is 12.3. The molecule has 14 heteroatoms. The summed E-state index contributed by atoms with van der Waals surface area (Å²) in [7, 11) is 0. The third-order valence-corrected chi connectivity index (χ3v) is 5.23.